The molecule has 2 nitrogen and oxygen atoms in total. The van der Waals surface area contributed by atoms with E-state index in [0.717, 1.165) is 28.4 Å². The smallest absolute Gasteiger partial charge is 0.311 e. The third-order valence-electron chi connectivity index (χ3n) is 2.94. The summed E-state index contributed by atoms with van der Waals surface area (Å²) < 4.78 is 0.918. The van der Waals surface area contributed by atoms with Crippen molar-refractivity contribution in [3.05, 3.63) is 33.8 Å². The zero-order valence-electron chi connectivity index (χ0n) is 8.53. The second kappa shape index (κ2) is 3.97. The maximum Gasteiger partial charge on any atom is 0.311 e. The predicted octanol–water partition coefficient (Wildman–Crippen LogP) is 3.34. The third-order valence-corrected chi connectivity index (χ3v) is 3.63. The molecule has 1 aromatic carbocycles. The first kappa shape index (κ1) is 10.7. The summed E-state index contributed by atoms with van der Waals surface area (Å²) in [6.45, 7) is 1.97. The van der Waals surface area contributed by atoms with Crippen LogP contribution in [0.3, 0.4) is 0 Å². The number of aliphatic carboxylic acids is 1. The van der Waals surface area contributed by atoms with Crippen LogP contribution in [0, 0.1) is 12.8 Å². The molecule has 0 aromatic heterocycles. The minimum atomic E-state index is -0.701. The zero-order chi connectivity index (χ0) is 11.0. The van der Waals surface area contributed by atoms with Gasteiger partial charge in [-0.15, -0.1) is 0 Å². The molecule has 1 atom stereocenters. The summed E-state index contributed by atoms with van der Waals surface area (Å²) in [7, 11) is 0. The quantitative estimate of drug-likeness (QED) is 0.913. The molecule has 0 amide bonds. The number of carboxylic acids is 1. The van der Waals surface area contributed by atoms with Crippen molar-refractivity contribution in [2.24, 2.45) is 5.92 Å². The van der Waals surface area contributed by atoms with Crippen LogP contribution >= 0.6 is 15.9 Å². The van der Waals surface area contributed by atoms with Crippen molar-refractivity contribution >= 4 is 21.9 Å². The molecule has 1 N–H and O–H groups in total. The van der Waals surface area contributed by atoms with E-state index in [9.17, 15) is 9.90 Å². The van der Waals surface area contributed by atoms with E-state index in [1.165, 1.54) is 0 Å². The Labute approximate surface area is 97.4 Å². The Bertz CT molecular complexity index is 376. The Hall–Kier alpha value is -0.830. The molecule has 15 heavy (non-hydrogen) atoms. The first-order valence-electron chi connectivity index (χ1n) is 5.09. The van der Waals surface area contributed by atoms with E-state index in [1.54, 1.807) is 0 Å². The largest absolute Gasteiger partial charge is 0.481 e. The molecule has 1 unspecified atom stereocenters. The van der Waals surface area contributed by atoms with E-state index >= 15 is 0 Å². The number of carboxylic acid groups (broad SMARTS) is 1. The van der Waals surface area contributed by atoms with Crippen LogP contribution in [-0.4, -0.2) is 11.1 Å². The highest BCUT2D eigenvalue weighted by Crippen LogP contribution is 2.45. The Morgan fingerprint density at radius 3 is 2.67 bits per heavy atom. The molecule has 0 aliphatic heterocycles. The van der Waals surface area contributed by atoms with E-state index < -0.39 is 5.97 Å². The fraction of sp³-hybridized carbons (Fsp3) is 0.417. The van der Waals surface area contributed by atoms with Crippen LogP contribution < -0.4 is 0 Å². The normalized spacial score (nSPS) is 17.5. The second-order valence-corrected chi connectivity index (χ2v) is 4.98. The van der Waals surface area contributed by atoms with Gasteiger partial charge in [0, 0.05) is 4.47 Å². The minimum absolute atomic E-state index is 0.333. The molecular weight excluding hydrogens is 256 g/mol. The molecule has 1 aliphatic rings. The Morgan fingerprint density at radius 1 is 1.53 bits per heavy atom. The van der Waals surface area contributed by atoms with Crippen LogP contribution in [-0.2, 0) is 4.79 Å². The van der Waals surface area contributed by atoms with Gasteiger partial charge in [0.05, 0.1) is 5.92 Å². The zero-order valence-corrected chi connectivity index (χ0v) is 10.1. The summed E-state index contributed by atoms with van der Waals surface area (Å²) in [5.74, 6) is -0.701. The summed E-state index contributed by atoms with van der Waals surface area (Å²) >= 11 is 3.45. The average Bonchev–Trinajstić information content (AvgIpc) is 2.94. The molecule has 2 rings (SSSR count). The first-order chi connectivity index (χ1) is 7.11. The number of aryl methyl sites for hydroxylation is 1. The topological polar surface area (TPSA) is 37.3 Å². The molecule has 1 saturated carbocycles. The van der Waals surface area contributed by atoms with Gasteiger partial charge >= 0.3 is 5.97 Å². The van der Waals surface area contributed by atoms with E-state index in [4.69, 9.17) is 0 Å². The fourth-order valence-corrected chi connectivity index (χ4v) is 2.74. The monoisotopic (exact) mass is 268 g/mol. The predicted molar refractivity (Wildman–Crippen MR) is 62.0 cm³/mol. The van der Waals surface area contributed by atoms with Gasteiger partial charge in [0.25, 0.3) is 0 Å². The van der Waals surface area contributed by atoms with Gasteiger partial charge in [-0.25, -0.2) is 0 Å². The lowest BCUT2D eigenvalue weighted by Gasteiger charge is -2.16. The van der Waals surface area contributed by atoms with Crippen molar-refractivity contribution < 1.29 is 9.90 Å². The molecule has 1 aromatic rings. The number of benzene rings is 1. The van der Waals surface area contributed by atoms with E-state index in [2.05, 4.69) is 15.9 Å². The fourth-order valence-electron chi connectivity index (χ4n) is 2.03. The number of hydrogen-bond acceptors (Lipinski definition) is 1. The van der Waals surface area contributed by atoms with Crippen LogP contribution in [0.2, 0.25) is 0 Å². The van der Waals surface area contributed by atoms with Crippen molar-refractivity contribution in [2.45, 2.75) is 25.7 Å². The second-order valence-electron chi connectivity index (χ2n) is 4.12. The van der Waals surface area contributed by atoms with Gasteiger partial charge in [0.1, 0.15) is 0 Å². The highest BCUT2D eigenvalue weighted by atomic mass is 79.9. The Kier molecular flexibility index (Phi) is 2.83. The summed E-state index contributed by atoms with van der Waals surface area (Å²) in [4.78, 5) is 11.3. The molecule has 1 aliphatic carbocycles. The highest BCUT2D eigenvalue weighted by Gasteiger charge is 2.38. The van der Waals surface area contributed by atoms with Gasteiger partial charge in [-0.2, -0.15) is 0 Å². The number of halogens is 1. The van der Waals surface area contributed by atoms with Gasteiger partial charge in [-0.3, -0.25) is 4.79 Å². The first-order valence-corrected chi connectivity index (χ1v) is 5.88. The van der Waals surface area contributed by atoms with Crippen LogP contribution in [0.15, 0.2) is 22.7 Å². The molecular formula is C12H13BrO2. The average molecular weight is 269 g/mol. The lowest BCUT2D eigenvalue weighted by atomic mass is 9.91. The maximum absolute atomic E-state index is 11.3. The van der Waals surface area contributed by atoms with Gasteiger partial charge in [-0.05, 0) is 42.9 Å². The van der Waals surface area contributed by atoms with Gasteiger partial charge in [0.15, 0.2) is 0 Å². The van der Waals surface area contributed by atoms with Crippen molar-refractivity contribution in [1.29, 1.82) is 0 Å². The maximum atomic E-state index is 11.3. The lowest BCUT2D eigenvalue weighted by Crippen LogP contribution is -2.15. The summed E-state index contributed by atoms with van der Waals surface area (Å²) in [6.07, 6.45) is 2.08. The van der Waals surface area contributed by atoms with E-state index in [1.807, 2.05) is 25.1 Å². The SMILES string of the molecule is Cc1cccc(Br)c1C(C(=O)O)C1CC1. The van der Waals surface area contributed by atoms with Gasteiger partial charge in [0.2, 0.25) is 0 Å². The number of hydrogen-bond donors (Lipinski definition) is 1. The van der Waals surface area contributed by atoms with E-state index in [-0.39, 0.29) is 5.92 Å². The third kappa shape index (κ3) is 2.07. The minimum Gasteiger partial charge on any atom is -0.481 e. The van der Waals surface area contributed by atoms with Gasteiger partial charge < -0.3 is 5.11 Å². The molecule has 0 heterocycles. The van der Waals surface area contributed by atoms with Crippen LogP contribution in [0.25, 0.3) is 0 Å². The number of rotatable bonds is 3. The standard InChI is InChI=1S/C12H13BrO2/c1-7-3-2-4-9(13)10(7)11(12(14)15)8-5-6-8/h2-4,8,11H,5-6H2,1H3,(H,14,15). The highest BCUT2D eigenvalue weighted by molar-refractivity contribution is 9.10. The molecule has 80 valence electrons. The van der Waals surface area contributed by atoms with Crippen molar-refractivity contribution in [3.63, 3.8) is 0 Å². The van der Waals surface area contributed by atoms with Gasteiger partial charge in [-0.1, -0.05) is 28.1 Å². The van der Waals surface area contributed by atoms with Crippen LogP contribution in [0.4, 0.5) is 0 Å². The lowest BCUT2D eigenvalue weighted by molar-refractivity contribution is -0.139. The molecule has 0 radical (unpaired) electrons. The molecule has 0 saturated heterocycles. The van der Waals surface area contributed by atoms with Crippen molar-refractivity contribution in [1.82, 2.24) is 0 Å². The van der Waals surface area contributed by atoms with Crippen molar-refractivity contribution in [3.8, 4) is 0 Å². The van der Waals surface area contributed by atoms with Crippen LogP contribution in [0.5, 0.6) is 0 Å². The molecule has 1 fully saturated rings. The summed E-state index contributed by atoms with van der Waals surface area (Å²) in [5, 5.41) is 9.27. The molecule has 0 bridgehead atoms. The molecule has 3 heteroatoms. The van der Waals surface area contributed by atoms with E-state index in [0.29, 0.717) is 5.92 Å². The Balaban J connectivity index is 2.45. The Morgan fingerprint density at radius 2 is 2.20 bits per heavy atom. The van der Waals surface area contributed by atoms with Crippen molar-refractivity contribution in [2.75, 3.05) is 0 Å². The van der Waals surface area contributed by atoms with Crippen LogP contribution in [0.1, 0.15) is 29.9 Å². The molecule has 0 spiro atoms. The number of carbonyl (C=O) groups is 1. The summed E-state index contributed by atoms with van der Waals surface area (Å²) in [5.41, 5.74) is 2.01. The summed E-state index contributed by atoms with van der Waals surface area (Å²) in [6, 6.07) is 5.83.